The maximum atomic E-state index is 12.3. The zero-order valence-electron chi connectivity index (χ0n) is 9.74. The molecule has 0 unspecified atom stereocenters. The molecule has 2 rings (SSSR count). The molecule has 3 N–H and O–H groups in total. The Labute approximate surface area is 106 Å². The van der Waals surface area contributed by atoms with Crippen molar-refractivity contribution in [3.8, 4) is 0 Å². The molecule has 0 saturated carbocycles. The van der Waals surface area contributed by atoms with Gasteiger partial charge >= 0.3 is 6.18 Å². The van der Waals surface area contributed by atoms with Crippen molar-refractivity contribution in [2.24, 2.45) is 0 Å². The monoisotopic (exact) mass is 275 g/mol. The summed E-state index contributed by atoms with van der Waals surface area (Å²) < 4.78 is 36.9. The molecule has 0 radical (unpaired) electrons. The van der Waals surface area contributed by atoms with Crippen LogP contribution in [0.2, 0.25) is 0 Å². The molecule has 2 atom stereocenters. The lowest BCUT2D eigenvalue weighted by Gasteiger charge is -2.15. The summed E-state index contributed by atoms with van der Waals surface area (Å²) in [6, 6.07) is 1.35. The van der Waals surface area contributed by atoms with Gasteiger partial charge in [0, 0.05) is 19.3 Å². The van der Waals surface area contributed by atoms with Gasteiger partial charge < -0.3 is 15.7 Å². The number of carbonyl (C=O) groups is 1. The van der Waals surface area contributed by atoms with Crippen molar-refractivity contribution >= 4 is 5.91 Å². The lowest BCUT2D eigenvalue weighted by Crippen LogP contribution is -2.42. The fraction of sp³-hybridized carbons (Fsp3) is 0.455. The van der Waals surface area contributed by atoms with E-state index < -0.39 is 29.9 Å². The van der Waals surface area contributed by atoms with Crippen LogP contribution in [0.15, 0.2) is 18.3 Å². The van der Waals surface area contributed by atoms with Crippen LogP contribution >= 0.6 is 0 Å². The second kappa shape index (κ2) is 5.14. The Morgan fingerprint density at radius 3 is 2.63 bits per heavy atom. The van der Waals surface area contributed by atoms with Crippen molar-refractivity contribution in [2.45, 2.75) is 18.3 Å². The summed E-state index contributed by atoms with van der Waals surface area (Å²) in [5, 5.41) is 14.9. The lowest BCUT2D eigenvalue weighted by molar-refractivity contribution is -0.141. The fourth-order valence-corrected chi connectivity index (χ4v) is 1.76. The number of hydrogen-bond donors (Lipinski definition) is 3. The molecule has 1 amide bonds. The number of aliphatic hydroxyl groups is 1. The molecule has 8 heteroatoms. The highest BCUT2D eigenvalue weighted by molar-refractivity contribution is 5.94. The van der Waals surface area contributed by atoms with Crippen LogP contribution in [0.4, 0.5) is 13.2 Å². The SMILES string of the molecule is O=C(N[C@H]1CNC[C@H]1O)c1ccc(C(F)(F)F)nc1. The zero-order valence-corrected chi connectivity index (χ0v) is 9.74. The van der Waals surface area contributed by atoms with Crippen molar-refractivity contribution in [3.63, 3.8) is 0 Å². The molecule has 1 aromatic rings. The van der Waals surface area contributed by atoms with Crippen molar-refractivity contribution < 1.29 is 23.1 Å². The molecular formula is C11H12F3N3O2. The topological polar surface area (TPSA) is 74.2 Å². The number of nitrogens with one attached hydrogen (secondary N) is 2. The van der Waals surface area contributed by atoms with Crippen molar-refractivity contribution in [3.05, 3.63) is 29.6 Å². The molecule has 1 aliphatic rings. The van der Waals surface area contributed by atoms with E-state index >= 15 is 0 Å². The van der Waals surface area contributed by atoms with Gasteiger partial charge in [-0.3, -0.25) is 9.78 Å². The molecule has 0 bridgehead atoms. The summed E-state index contributed by atoms with van der Waals surface area (Å²) in [6.07, 6.45) is -4.36. The summed E-state index contributed by atoms with van der Waals surface area (Å²) in [6.45, 7) is 0.789. The second-order valence-electron chi connectivity index (χ2n) is 4.24. The maximum Gasteiger partial charge on any atom is 0.433 e. The second-order valence-corrected chi connectivity index (χ2v) is 4.24. The van der Waals surface area contributed by atoms with Crippen molar-refractivity contribution in [1.29, 1.82) is 0 Å². The molecule has 5 nitrogen and oxygen atoms in total. The van der Waals surface area contributed by atoms with Crippen molar-refractivity contribution in [2.75, 3.05) is 13.1 Å². The van der Waals surface area contributed by atoms with Gasteiger partial charge in [-0.15, -0.1) is 0 Å². The van der Waals surface area contributed by atoms with Gasteiger partial charge in [0.25, 0.3) is 5.91 Å². The number of nitrogens with zero attached hydrogens (tertiary/aromatic N) is 1. The van der Waals surface area contributed by atoms with Gasteiger partial charge in [0.1, 0.15) is 5.69 Å². The highest BCUT2D eigenvalue weighted by atomic mass is 19.4. The Morgan fingerprint density at radius 2 is 2.16 bits per heavy atom. The van der Waals surface area contributed by atoms with Gasteiger partial charge in [-0.25, -0.2) is 0 Å². The van der Waals surface area contributed by atoms with Gasteiger partial charge in [0.05, 0.1) is 17.7 Å². The number of alkyl halides is 3. The average molecular weight is 275 g/mol. The van der Waals surface area contributed by atoms with Crippen LogP contribution in [0, 0.1) is 0 Å². The van der Waals surface area contributed by atoms with Crippen LogP contribution in [0.1, 0.15) is 16.1 Å². The predicted octanol–water partition coefficient (Wildman–Crippen LogP) is 0.163. The maximum absolute atomic E-state index is 12.3. The first kappa shape index (κ1) is 13.8. The van der Waals surface area contributed by atoms with E-state index in [1.54, 1.807) is 0 Å². The number of rotatable bonds is 2. The number of hydrogen-bond acceptors (Lipinski definition) is 4. The van der Waals surface area contributed by atoms with Crippen LogP contribution in [0.25, 0.3) is 0 Å². The van der Waals surface area contributed by atoms with E-state index in [4.69, 9.17) is 0 Å². The average Bonchev–Trinajstić information content (AvgIpc) is 2.74. The fourth-order valence-electron chi connectivity index (χ4n) is 1.76. The molecule has 0 spiro atoms. The minimum Gasteiger partial charge on any atom is -0.390 e. The predicted molar refractivity (Wildman–Crippen MR) is 59.4 cm³/mol. The first-order chi connectivity index (χ1) is 8.88. The Hall–Kier alpha value is -1.67. The van der Waals surface area contributed by atoms with Gasteiger partial charge in [-0.1, -0.05) is 0 Å². The largest absolute Gasteiger partial charge is 0.433 e. The first-order valence-electron chi connectivity index (χ1n) is 5.61. The van der Waals surface area contributed by atoms with Crippen LogP contribution in [0.5, 0.6) is 0 Å². The smallest absolute Gasteiger partial charge is 0.390 e. The molecule has 0 aliphatic carbocycles. The molecule has 1 aliphatic heterocycles. The van der Waals surface area contributed by atoms with E-state index in [2.05, 4.69) is 15.6 Å². The van der Waals surface area contributed by atoms with Crippen LogP contribution in [-0.4, -0.2) is 41.2 Å². The third-order valence-corrected chi connectivity index (χ3v) is 2.81. The minimum atomic E-state index is -4.53. The summed E-state index contributed by atoms with van der Waals surface area (Å²) >= 11 is 0. The minimum absolute atomic E-state index is 0.0205. The molecule has 1 saturated heterocycles. The Bertz CT molecular complexity index is 461. The van der Waals surface area contributed by atoms with Crippen molar-refractivity contribution in [1.82, 2.24) is 15.6 Å². The van der Waals surface area contributed by atoms with E-state index in [0.717, 1.165) is 18.3 Å². The normalized spacial score (nSPS) is 23.4. The molecule has 104 valence electrons. The number of pyridine rings is 1. The molecule has 0 aromatic carbocycles. The summed E-state index contributed by atoms with van der Waals surface area (Å²) in [5.41, 5.74) is -1.03. The Kier molecular flexibility index (Phi) is 3.72. The number of carbonyl (C=O) groups excluding carboxylic acids is 1. The number of amides is 1. The first-order valence-corrected chi connectivity index (χ1v) is 5.61. The quantitative estimate of drug-likeness (QED) is 0.719. The molecular weight excluding hydrogens is 263 g/mol. The number of aliphatic hydroxyl groups excluding tert-OH is 1. The number of β-amino-alcohol motifs (C(OH)–C–C–N with tert-alkyl or cyclic N) is 1. The van der Waals surface area contributed by atoms with Gasteiger partial charge in [0.15, 0.2) is 0 Å². The van der Waals surface area contributed by atoms with E-state index in [0.29, 0.717) is 13.1 Å². The third-order valence-electron chi connectivity index (χ3n) is 2.81. The highest BCUT2D eigenvalue weighted by Gasteiger charge is 2.32. The van der Waals surface area contributed by atoms with E-state index in [1.165, 1.54) is 0 Å². The van der Waals surface area contributed by atoms with Crippen LogP contribution in [0.3, 0.4) is 0 Å². The zero-order chi connectivity index (χ0) is 14.0. The van der Waals surface area contributed by atoms with Gasteiger partial charge in [-0.2, -0.15) is 13.2 Å². The summed E-state index contributed by atoms with van der Waals surface area (Å²) in [7, 11) is 0. The standard InChI is InChI=1S/C11H12F3N3O2/c12-11(13,14)9-2-1-6(3-16-9)10(19)17-7-4-15-5-8(7)18/h1-3,7-8,15,18H,4-5H2,(H,17,19)/t7-,8+/m0/s1. The third kappa shape index (κ3) is 3.21. The molecule has 19 heavy (non-hydrogen) atoms. The summed E-state index contributed by atoms with van der Waals surface area (Å²) in [5.74, 6) is -0.561. The van der Waals surface area contributed by atoms with Gasteiger partial charge in [-0.05, 0) is 12.1 Å². The summed E-state index contributed by atoms with van der Waals surface area (Å²) in [4.78, 5) is 14.9. The number of halogens is 3. The van der Waals surface area contributed by atoms with Crippen LogP contribution < -0.4 is 10.6 Å². The Morgan fingerprint density at radius 1 is 1.42 bits per heavy atom. The van der Waals surface area contributed by atoms with Crippen LogP contribution in [-0.2, 0) is 6.18 Å². The van der Waals surface area contributed by atoms with E-state index in [1.807, 2.05) is 0 Å². The lowest BCUT2D eigenvalue weighted by atomic mass is 10.2. The highest BCUT2D eigenvalue weighted by Crippen LogP contribution is 2.27. The molecule has 1 aromatic heterocycles. The van der Waals surface area contributed by atoms with E-state index in [-0.39, 0.29) is 5.56 Å². The molecule has 1 fully saturated rings. The van der Waals surface area contributed by atoms with E-state index in [9.17, 15) is 23.1 Å². The number of aromatic nitrogens is 1. The van der Waals surface area contributed by atoms with Gasteiger partial charge in [0.2, 0.25) is 0 Å². The molecule has 2 heterocycles. The Balaban J connectivity index is 2.03.